The van der Waals surface area contributed by atoms with Crippen LogP contribution < -0.4 is 20.5 Å². The van der Waals surface area contributed by atoms with Gasteiger partial charge in [0.05, 0.1) is 12.1 Å². The van der Waals surface area contributed by atoms with E-state index in [-0.39, 0.29) is 24.6 Å². The van der Waals surface area contributed by atoms with Gasteiger partial charge in [-0.25, -0.2) is 0 Å². The highest BCUT2D eigenvalue weighted by Crippen LogP contribution is 2.31. The minimum atomic E-state index is -0.403. The number of benzene rings is 2. The van der Waals surface area contributed by atoms with Gasteiger partial charge >= 0.3 is 5.97 Å². The number of hydrogen-bond acceptors (Lipinski definition) is 8. The second-order valence-electron chi connectivity index (χ2n) is 12.2. The number of piperazine rings is 1. The largest absolute Gasteiger partial charge is 0.494 e. The second-order valence-corrected chi connectivity index (χ2v) is 13.2. The maximum Gasteiger partial charge on any atom is 0.307 e. The lowest BCUT2D eigenvalue weighted by molar-refractivity contribution is -0.147. The zero-order chi connectivity index (χ0) is 32.8. The van der Waals surface area contributed by atoms with E-state index in [4.69, 9.17) is 9.47 Å². The number of esters is 1. The molecule has 0 aliphatic carbocycles. The number of carbonyl (C=O) groups excluding carboxylic acids is 2. The van der Waals surface area contributed by atoms with Crippen molar-refractivity contribution in [2.24, 2.45) is 0 Å². The number of hydrogen-bond donors (Lipinski definition) is 1. The number of anilines is 1. The van der Waals surface area contributed by atoms with Crippen molar-refractivity contribution in [3.8, 4) is 5.75 Å². The number of thiophene rings is 1. The van der Waals surface area contributed by atoms with Crippen molar-refractivity contribution in [1.82, 2.24) is 14.8 Å². The van der Waals surface area contributed by atoms with Crippen LogP contribution >= 0.6 is 11.3 Å². The van der Waals surface area contributed by atoms with Crippen molar-refractivity contribution in [3.05, 3.63) is 70.3 Å². The van der Waals surface area contributed by atoms with Gasteiger partial charge < -0.3 is 19.7 Å². The SMILES string of the molecule is CCCCCCC(=O)NCCCC(=O)OCn1c(=O)ccc2ccc(OCCCCN3CCN(c4cccc5sccc45)CC3)cc21. The van der Waals surface area contributed by atoms with E-state index in [0.29, 0.717) is 37.3 Å². The highest BCUT2D eigenvalue weighted by Gasteiger charge is 2.18. The summed E-state index contributed by atoms with van der Waals surface area (Å²) in [5.41, 5.74) is 1.76. The van der Waals surface area contributed by atoms with E-state index in [1.54, 1.807) is 17.4 Å². The number of carbonyl (C=O) groups is 2. The number of rotatable bonds is 18. The maximum atomic E-state index is 12.7. The molecule has 9 nitrogen and oxygen atoms in total. The van der Waals surface area contributed by atoms with E-state index in [1.807, 2.05) is 18.2 Å². The Balaban J connectivity index is 1.01. The first-order chi connectivity index (χ1) is 23.0. The first kappa shape index (κ1) is 34.4. The lowest BCUT2D eigenvalue weighted by Crippen LogP contribution is -2.46. The number of pyridine rings is 1. The summed E-state index contributed by atoms with van der Waals surface area (Å²) in [6.45, 7) is 8.24. The fourth-order valence-electron chi connectivity index (χ4n) is 6.05. The monoisotopic (exact) mass is 660 g/mol. The molecule has 0 unspecified atom stereocenters. The summed E-state index contributed by atoms with van der Waals surface area (Å²) >= 11 is 1.80. The molecule has 1 amide bonds. The number of fused-ring (bicyclic) bond motifs is 2. The Kier molecular flexibility index (Phi) is 13.1. The van der Waals surface area contributed by atoms with Crippen molar-refractivity contribution >= 4 is 49.9 Å². The number of amides is 1. The fourth-order valence-corrected chi connectivity index (χ4v) is 6.86. The Bertz CT molecular complexity index is 1660. The van der Waals surface area contributed by atoms with Gasteiger partial charge in [-0.1, -0.05) is 32.3 Å². The third-order valence-electron chi connectivity index (χ3n) is 8.78. The third-order valence-corrected chi connectivity index (χ3v) is 9.66. The zero-order valence-electron chi connectivity index (χ0n) is 27.6. The van der Waals surface area contributed by atoms with Crippen LogP contribution in [0.15, 0.2) is 64.8 Å². The molecule has 1 aliphatic heterocycles. The molecule has 10 heteroatoms. The average molecular weight is 661 g/mol. The van der Waals surface area contributed by atoms with Crippen molar-refractivity contribution in [1.29, 1.82) is 0 Å². The van der Waals surface area contributed by atoms with Gasteiger partial charge in [-0.15, -0.1) is 11.3 Å². The zero-order valence-corrected chi connectivity index (χ0v) is 28.4. The smallest absolute Gasteiger partial charge is 0.307 e. The molecule has 0 bridgehead atoms. The summed E-state index contributed by atoms with van der Waals surface area (Å²) in [6.07, 6.45) is 7.40. The number of unbranched alkanes of at least 4 members (excludes halogenated alkanes) is 4. The minimum Gasteiger partial charge on any atom is -0.494 e. The van der Waals surface area contributed by atoms with Crippen molar-refractivity contribution < 1.29 is 19.1 Å². The van der Waals surface area contributed by atoms with Crippen LogP contribution in [0.1, 0.15) is 64.7 Å². The van der Waals surface area contributed by atoms with E-state index in [0.717, 1.165) is 76.6 Å². The van der Waals surface area contributed by atoms with E-state index < -0.39 is 5.97 Å². The van der Waals surface area contributed by atoms with Gasteiger partial charge in [-0.05, 0) is 79.4 Å². The topological polar surface area (TPSA) is 93.1 Å². The molecule has 1 saturated heterocycles. The number of ether oxygens (including phenoxy) is 2. The van der Waals surface area contributed by atoms with Crippen LogP contribution in [-0.4, -0.2) is 67.2 Å². The molecule has 1 fully saturated rings. The van der Waals surface area contributed by atoms with Crippen LogP contribution in [0, 0.1) is 0 Å². The second kappa shape index (κ2) is 17.9. The predicted molar refractivity (Wildman–Crippen MR) is 191 cm³/mol. The molecule has 2 aromatic carbocycles. The molecular formula is C37H48N4O5S. The summed E-state index contributed by atoms with van der Waals surface area (Å²) in [4.78, 5) is 42.0. The Morgan fingerprint density at radius 3 is 2.60 bits per heavy atom. The quantitative estimate of drug-likeness (QED) is 0.0954. The molecule has 0 atom stereocenters. The first-order valence-corrected chi connectivity index (χ1v) is 18.0. The van der Waals surface area contributed by atoms with Crippen molar-refractivity contribution in [3.63, 3.8) is 0 Å². The molecule has 0 spiro atoms. The number of nitrogens with zero attached hydrogens (tertiary/aromatic N) is 3. The van der Waals surface area contributed by atoms with Crippen molar-refractivity contribution in [2.75, 3.05) is 50.8 Å². The summed E-state index contributed by atoms with van der Waals surface area (Å²) in [5.74, 6) is 0.303. The third kappa shape index (κ3) is 10.0. The van der Waals surface area contributed by atoms with Gasteiger partial charge in [0.25, 0.3) is 5.56 Å². The lowest BCUT2D eigenvalue weighted by atomic mass is 10.1. The molecule has 0 radical (unpaired) electrons. The van der Waals surface area contributed by atoms with Crippen LogP contribution in [0.25, 0.3) is 21.0 Å². The predicted octanol–water partition coefficient (Wildman–Crippen LogP) is 6.56. The van der Waals surface area contributed by atoms with Gasteiger partial charge in [-0.3, -0.25) is 23.9 Å². The first-order valence-electron chi connectivity index (χ1n) is 17.1. The van der Waals surface area contributed by atoms with E-state index in [9.17, 15) is 14.4 Å². The molecular weight excluding hydrogens is 612 g/mol. The Labute approximate surface area is 281 Å². The summed E-state index contributed by atoms with van der Waals surface area (Å²) < 4.78 is 14.3. The molecule has 4 aromatic rings. The van der Waals surface area contributed by atoms with Crippen LogP contribution in [-0.2, 0) is 21.1 Å². The van der Waals surface area contributed by atoms with Crippen LogP contribution in [0.4, 0.5) is 5.69 Å². The molecule has 3 heterocycles. The molecule has 5 rings (SSSR count). The van der Waals surface area contributed by atoms with E-state index in [1.165, 1.54) is 26.4 Å². The highest BCUT2D eigenvalue weighted by molar-refractivity contribution is 7.17. The number of aromatic nitrogens is 1. The van der Waals surface area contributed by atoms with Crippen LogP contribution in [0.3, 0.4) is 0 Å². The van der Waals surface area contributed by atoms with Gasteiger partial charge in [0.15, 0.2) is 6.73 Å². The van der Waals surface area contributed by atoms with E-state index >= 15 is 0 Å². The average Bonchev–Trinajstić information content (AvgIpc) is 3.58. The molecule has 1 N–H and O–H groups in total. The number of nitrogens with one attached hydrogen (secondary N) is 1. The highest BCUT2D eigenvalue weighted by atomic mass is 32.1. The molecule has 47 heavy (non-hydrogen) atoms. The van der Waals surface area contributed by atoms with Crippen LogP contribution in [0.5, 0.6) is 5.75 Å². The Morgan fingerprint density at radius 2 is 1.74 bits per heavy atom. The summed E-state index contributed by atoms with van der Waals surface area (Å²) in [6, 6.07) is 17.7. The van der Waals surface area contributed by atoms with Crippen LogP contribution in [0.2, 0.25) is 0 Å². The van der Waals surface area contributed by atoms with Crippen molar-refractivity contribution in [2.45, 2.75) is 71.4 Å². The van der Waals surface area contributed by atoms with Gasteiger partial charge in [0.1, 0.15) is 5.75 Å². The van der Waals surface area contributed by atoms with Gasteiger partial charge in [0.2, 0.25) is 5.91 Å². The van der Waals surface area contributed by atoms with Gasteiger partial charge in [-0.2, -0.15) is 0 Å². The summed E-state index contributed by atoms with van der Waals surface area (Å²) in [5, 5.41) is 7.26. The standard InChI is InChI=1S/C37H48N4O5S/c1-2-3-4-5-12-35(42)38-19-9-13-37(44)46-28-41-33-27-30(16-14-29(33)15-17-36(41)43)45-25-7-6-20-39-21-23-40(24-22-39)32-10-8-11-34-31(32)18-26-47-34/h8,10-11,14-18,26-27H,2-7,9,12-13,19-25,28H2,1H3,(H,38,42). The summed E-state index contributed by atoms with van der Waals surface area (Å²) in [7, 11) is 0. The molecule has 0 saturated carbocycles. The normalized spacial score (nSPS) is 13.7. The Hall–Kier alpha value is -3.89. The van der Waals surface area contributed by atoms with Gasteiger partial charge in [0, 0.05) is 73.5 Å². The van der Waals surface area contributed by atoms with E-state index in [2.05, 4.69) is 51.7 Å². The molecule has 2 aromatic heterocycles. The fraction of sp³-hybridized carbons (Fsp3) is 0.486. The maximum absolute atomic E-state index is 12.7. The molecule has 1 aliphatic rings. The molecule has 252 valence electrons. The minimum absolute atomic E-state index is 0.0206. The lowest BCUT2D eigenvalue weighted by Gasteiger charge is -2.36. The Morgan fingerprint density at radius 1 is 0.894 bits per heavy atom.